The van der Waals surface area contributed by atoms with Gasteiger partial charge < -0.3 is 0 Å². The van der Waals surface area contributed by atoms with Crippen molar-refractivity contribution >= 4 is 15.7 Å². The van der Waals surface area contributed by atoms with Crippen LogP contribution in [0.3, 0.4) is 0 Å². The van der Waals surface area contributed by atoms with Crippen molar-refractivity contribution < 1.29 is 17.2 Å². The quantitative estimate of drug-likeness (QED) is 0.794. The molecule has 0 fully saturated rings. The zero-order valence-electron chi connectivity index (χ0n) is 11.0. The Kier molecular flexibility index (Phi) is 4.37. The van der Waals surface area contributed by atoms with Crippen LogP contribution in [0.15, 0.2) is 66.1 Å². The number of anilines is 1. The standard InChI is InChI=1S/C15H13F2NO2S/c1-2-10-18(12-8-9-14(16)15(17)11-12)21(19,20)13-6-4-3-5-7-13/h2-9,11H,1,10H2. The number of benzene rings is 2. The molecule has 0 saturated heterocycles. The van der Waals surface area contributed by atoms with Crippen molar-refractivity contribution in [1.29, 1.82) is 0 Å². The molecule has 0 heterocycles. The van der Waals surface area contributed by atoms with Gasteiger partial charge in [-0.3, -0.25) is 4.31 Å². The van der Waals surface area contributed by atoms with Crippen molar-refractivity contribution in [2.45, 2.75) is 4.90 Å². The van der Waals surface area contributed by atoms with E-state index in [4.69, 9.17) is 0 Å². The predicted molar refractivity (Wildman–Crippen MR) is 77.5 cm³/mol. The van der Waals surface area contributed by atoms with Crippen molar-refractivity contribution in [2.24, 2.45) is 0 Å². The highest BCUT2D eigenvalue weighted by Gasteiger charge is 2.24. The Morgan fingerprint density at radius 2 is 1.71 bits per heavy atom. The number of hydrogen-bond donors (Lipinski definition) is 0. The van der Waals surface area contributed by atoms with Crippen molar-refractivity contribution in [2.75, 3.05) is 10.8 Å². The Morgan fingerprint density at radius 1 is 1.05 bits per heavy atom. The van der Waals surface area contributed by atoms with Crippen LogP contribution < -0.4 is 4.31 Å². The van der Waals surface area contributed by atoms with E-state index in [2.05, 4.69) is 6.58 Å². The largest absolute Gasteiger partial charge is 0.264 e. The molecule has 0 amide bonds. The summed E-state index contributed by atoms with van der Waals surface area (Å²) in [6, 6.07) is 10.7. The third kappa shape index (κ3) is 3.11. The van der Waals surface area contributed by atoms with Gasteiger partial charge in [-0.25, -0.2) is 17.2 Å². The fraction of sp³-hybridized carbons (Fsp3) is 0.0667. The molecular weight excluding hydrogens is 296 g/mol. The van der Waals surface area contributed by atoms with Crippen LogP contribution in [-0.4, -0.2) is 15.0 Å². The first kappa shape index (κ1) is 15.2. The van der Waals surface area contributed by atoms with Crippen LogP contribution in [-0.2, 0) is 10.0 Å². The number of nitrogens with zero attached hydrogens (tertiary/aromatic N) is 1. The molecule has 6 heteroatoms. The van der Waals surface area contributed by atoms with Crippen molar-refractivity contribution in [3.63, 3.8) is 0 Å². The minimum atomic E-state index is -3.87. The summed E-state index contributed by atoms with van der Waals surface area (Å²) in [6.45, 7) is 3.45. The van der Waals surface area contributed by atoms with E-state index in [0.717, 1.165) is 16.4 Å². The molecule has 0 unspecified atom stereocenters. The summed E-state index contributed by atoms with van der Waals surface area (Å²) in [7, 11) is -3.87. The van der Waals surface area contributed by atoms with Crippen LogP contribution in [0.1, 0.15) is 0 Å². The topological polar surface area (TPSA) is 37.4 Å². The van der Waals surface area contributed by atoms with Gasteiger partial charge in [-0.1, -0.05) is 24.3 Å². The van der Waals surface area contributed by atoms with Crippen LogP contribution in [0.2, 0.25) is 0 Å². The second-order valence-electron chi connectivity index (χ2n) is 4.24. The van der Waals surface area contributed by atoms with Crippen LogP contribution >= 0.6 is 0 Å². The molecule has 2 aromatic carbocycles. The van der Waals surface area contributed by atoms with E-state index in [1.54, 1.807) is 18.2 Å². The van der Waals surface area contributed by atoms with Gasteiger partial charge in [-0.2, -0.15) is 0 Å². The van der Waals surface area contributed by atoms with Gasteiger partial charge in [0.25, 0.3) is 10.0 Å². The molecule has 0 N–H and O–H groups in total. The fourth-order valence-electron chi connectivity index (χ4n) is 1.82. The van der Waals surface area contributed by atoms with Gasteiger partial charge in [0, 0.05) is 6.07 Å². The molecule has 0 saturated carbocycles. The normalized spacial score (nSPS) is 11.1. The summed E-state index contributed by atoms with van der Waals surface area (Å²) in [5, 5.41) is 0. The molecule has 2 rings (SSSR count). The van der Waals surface area contributed by atoms with Gasteiger partial charge in [0.1, 0.15) is 0 Å². The Bertz CT molecular complexity index is 746. The second-order valence-corrected chi connectivity index (χ2v) is 6.10. The van der Waals surface area contributed by atoms with Crippen molar-refractivity contribution in [1.82, 2.24) is 0 Å². The highest BCUT2D eigenvalue weighted by Crippen LogP contribution is 2.25. The van der Waals surface area contributed by atoms with Gasteiger partial charge in [0.05, 0.1) is 17.1 Å². The maximum atomic E-state index is 13.3. The minimum absolute atomic E-state index is 0.0395. The first-order chi connectivity index (χ1) is 9.96. The summed E-state index contributed by atoms with van der Waals surface area (Å²) >= 11 is 0. The highest BCUT2D eigenvalue weighted by molar-refractivity contribution is 7.92. The Hall–Kier alpha value is -2.21. The molecule has 0 atom stereocenters. The lowest BCUT2D eigenvalue weighted by atomic mass is 10.3. The maximum Gasteiger partial charge on any atom is 0.264 e. The molecule has 0 aromatic heterocycles. The van der Waals surface area contributed by atoms with E-state index in [-0.39, 0.29) is 17.1 Å². The zero-order chi connectivity index (χ0) is 15.5. The number of sulfonamides is 1. The molecule has 3 nitrogen and oxygen atoms in total. The second kappa shape index (κ2) is 6.05. The monoisotopic (exact) mass is 309 g/mol. The smallest absolute Gasteiger partial charge is 0.262 e. The molecule has 0 aliphatic heterocycles. The Balaban J connectivity index is 2.53. The van der Waals surface area contributed by atoms with E-state index < -0.39 is 21.7 Å². The van der Waals surface area contributed by atoms with Crippen LogP contribution in [0.25, 0.3) is 0 Å². The Labute approximate surface area is 122 Å². The third-order valence-electron chi connectivity index (χ3n) is 2.82. The van der Waals surface area contributed by atoms with Crippen molar-refractivity contribution in [3.8, 4) is 0 Å². The van der Waals surface area contributed by atoms with Gasteiger partial charge in [0.2, 0.25) is 0 Å². The number of rotatable bonds is 5. The molecular formula is C15H13F2NO2S. The van der Waals surface area contributed by atoms with Crippen molar-refractivity contribution in [3.05, 3.63) is 72.8 Å². The predicted octanol–water partition coefficient (Wildman–Crippen LogP) is 3.35. The number of halogens is 2. The molecule has 0 bridgehead atoms. The van der Waals surface area contributed by atoms with E-state index in [0.29, 0.717) is 0 Å². The lowest BCUT2D eigenvalue weighted by Gasteiger charge is -2.23. The van der Waals surface area contributed by atoms with Gasteiger partial charge in [-0.15, -0.1) is 6.58 Å². The van der Waals surface area contributed by atoms with Crippen LogP contribution in [0.4, 0.5) is 14.5 Å². The first-order valence-electron chi connectivity index (χ1n) is 6.10. The highest BCUT2D eigenvalue weighted by atomic mass is 32.2. The van der Waals surface area contributed by atoms with Gasteiger partial charge in [-0.05, 0) is 24.3 Å². The lowest BCUT2D eigenvalue weighted by molar-refractivity contribution is 0.508. The fourth-order valence-corrected chi connectivity index (χ4v) is 3.27. The lowest BCUT2D eigenvalue weighted by Crippen LogP contribution is -2.31. The Morgan fingerprint density at radius 3 is 2.29 bits per heavy atom. The van der Waals surface area contributed by atoms with E-state index >= 15 is 0 Å². The summed E-state index contributed by atoms with van der Waals surface area (Å²) in [4.78, 5) is 0.0663. The SMILES string of the molecule is C=CCN(c1ccc(F)c(F)c1)S(=O)(=O)c1ccccc1. The molecule has 0 spiro atoms. The third-order valence-corrected chi connectivity index (χ3v) is 4.63. The molecule has 0 aliphatic carbocycles. The summed E-state index contributed by atoms with van der Waals surface area (Å²) in [5.41, 5.74) is 0.0395. The van der Waals surface area contributed by atoms with E-state index in [1.807, 2.05) is 0 Å². The van der Waals surface area contributed by atoms with E-state index in [9.17, 15) is 17.2 Å². The van der Waals surface area contributed by atoms with Gasteiger partial charge >= 0.3 is 0 Å². The molecule has 0 aliphatic rings. The molecule has 21 heavy (non-hydrogen) atoms. The maximum absolute atomic E-state index is 13.3. The molecule has 2 aromatic rings. The average molecular weight is 309 g/mol. The summed E-state index contributed by atoms with van der Waals surface area (Å²) < 4.78 is 52.5. The summed E-state index contributed by atoms with van der Waals surface area (Å²) in [5.74, 6) is -2.14. The minimum Gasteiger partial charge on any atom is -0.262 e. The van der Waals surface area contributed by atoms with Crippen LogP contribution in [0.5, 0.6) is 0 Å². The average Bonchev–Trinajstić information content (AvgIpc) is 2.48. The first-order valence-corrected chi connectivity index (χ1v) is 7.54. The number of hydrogen-bond acceptors (Lipinski definition) is 2. The summed E-state index contributed by atoms with van der Waals surface area (Å²) in [6.07, 6.45) is 1.38. The zero-order valence-corrected chi connectivity index (χ0v) is 11.9. The van der Waals surface area contributed by atoms with Crippen LogP contribution in [0, 0.1) is 11.6 Å². The van der Waals surface area contributed by atoms with Gasteiger partial charge in [0.15, 0.2) is 11.6 Å². The van der Waals surface area contributed by atoms with E-state index in [1.165, 1.54) is 24.3 Å². The molecule has 110 valence electrons. The molecule has 0 radical (unpaired) electrons.